The number of methoxy groups -OCH3 is 1. The van der Waals surface area contributed by atoms with Crippen molar-refractivity contribution >= 4 is 33.6 Å². The number of benzene rings is 2. The molecule has 0 bridgehead atoms. The number of aliphatic carboxylic acids is 1. The average Bonchev–Trinajstić information content (AvgIpc) is 2.94. The number of amides is 2. The molecule has 2 amide bonds. The lowest BCUT2D eigenvalue weighted by atomic mass is 10.0. The van der Waals surface area contributed by atoms with Gasteiger partial charge < -0.3 is 25.8 Å². The Morgan fingerprint density at radius 1 is 1.05 bits per heavy atom. The number of carbonyl (C=O) groups excluding carboxylic acids is 2. The van der Waals surface area contributed by atoms with Crippen molar-refractivity contribution in [1.29, 1.82) is 5.41 Å². The third kappa shape index (κ3) is 7.85. The molecule has 0 aromatic heterocycles. The number of piperidine rings is 1. The first-order valence-electron chi connectivity index (χ1n) is 13.7. The number of sulfonamides is 1. The zero-order valence-corrected chi connectivity index (χ0v) is 25.1. The van der Waals surface area contributed by atoms with Crippen LogP contribution in [-0.4, -0.2) is 74.3 Å². The lowest BCUT2D eigenvalue weighted by Crippen LogP contribution is -2.56. The molecular formula is C29H39N5O7S. The topological polar surface area (TPSA) is 192 Å². The first-order chi connectivity index (χ1) is 19.7. The Morgan fingerprint density at radius 3 is 2.21 bits per heavy atom. The number of ether oxygens (including phenoxy) is 1. The summed E-state index contributed by atoms with van der Waals surface area (Å²) >= 11 is 0. The molecule has 0 unspecified atom stereocenters. The molecule has 1 fully saturated rings. The van der Waals surface area contributed by atoms with Crippen molar-refractivity contribution in [2.75, 3.05) is 20.2 Å². The highest BCUT2D eigenvalue weighted by Gasteiger charge is 2.34. The molecule has 12 nitrogen and oxygen atoms in total. The molecule has 1 aliphatic rings. The van der Waals surface area contributed by atoms with E-state index in [1.807, 2.05) is 0 Å². The van der Waals surface area contributed by atoms with E-state index in [2.05, 4.69) is 10.0 Å². The third-order valence-electron chi connectivity index (χ3n) is 7.45. The van der Waals surface area contributed by atoms with E-state index in [-0.39, 0.29) is 23.1 Å². The van der Waals surface area contributed by atoms with E-state index in [1.165, 1.54) is 7.11 Å². The van der Waals surface area contributed by atoms with Crippen LogP contribution in [0.4, 0.5) is 0 Å². The highest BCUT2D eigenvalue weighted by atomic mass is 32.2. The van der Waals surface area contributed by atoms with Gasteiger partial charge in [-0.3, -0.25) is 19.8 Å². The van der Waals surface area contributed by atoms with Crippen LogP contribution in [0.5, 0.6) is 5.75 Å². The summed E-state index contributed by atoms with van der Waals surface area (Å²) in [6.45, 7) is 5.94. The van der Waals surface area contributed by atoms with Gasteiger partial charge in [-0.25, -0.2) is 8.42 Å². The molecule has 228 valence electrons. The van der Waals surface area contributed by atoms with Crippen LogP contribution >= 0.6 is 0 Å². The van der Waals surface area contributed by atoms with Gasteiger partial charge in [0.1, 0.15) is 23.7 Å². The summed E-state index contributed by atoms with van der Waals surface area (Å²) in [7, 11) is -2.89. The minimum atomic E-state index is -4.36. The van der Waals surface area contributed by atoms with Gasteiger partial charge in [-0.05, 0) is 68.4 Å². The molecule has 0 aliphatic carbocycles. The summed E-state index contributed by atoms with van der Waals surface area (Å²) in [5, 5.41) is 19.8. The number of carbonyl (C=O) groups is 3. The molecule has 0 saturated carbocycles. The van der Waals surface area contributed by atoms with Crippen molar-refractivity contribution in [1.82, 2.24) is 14.9 Å². The highest BCUT2D eigenvalue weighted by Crippen LogP contribution is 2.30. The fourth-order valence-electron chi connectivity index (χ4n) is 5.12. The van der Waals surface area contributed by atoms with Crippen LogP contribution < -0.4 is 20.5 Å². The van der Waals surface area contributed by atoms with Crippen LogP contribution in [0.25, 0.3) is 0 Å². The molecule has 2 atom stereocenters. The Hall–Kier alpha value is -3.97. The average molecular weight is 602 g/mol. The molecule has 1 aliphatic heterocycles. The highest BCUT2D eigenvalue weighted by molar-refractivity contribution is 7.89. The minimum absolute atomic E-state index is 0.0711. The van der Waals surface area contributed by atoms with E-state index < -0.39 is 40.4 Å². The molecule has 6 N–H and O–H groups in total. The minimum Gasteiger partial charge on any atom is -0.496 e. The van der Waals surface area contributed by atoms with Gasteiger partial charge in [-0.2, -0.15) is 4.72 Å². The van der Waals surface area contributed by atoms with E-state index in [9.17, 15) is 27.9 Å². The van der Waals surface area contributed by atoms with Crippen molar-refractivity contribution in [2.24, 2.45) is 5.73 Å². The molecule has 1 heterocycles. The van der Waals surface area contributed by atoms with E-state index >= 15 is 0 Å². The van der Waals surface area contributed by atoms with Crippen LogP contribution in [0.2, 0.25) is 0 Å². The van der Waals surface area contributed by atoms with Gasteiger partial charge in [0.25, 0.3) is 0 Å². The second-order valence-corrected chi connectivity index (χ2v) is 12.2. The second kappa shape index (κ2) is 13.8. The summed E-state index contributed by atoms with van der Waals surface area (Å²) in [5.74, 6) is -2.28. The van der Waals surface area contributed by atoms with Gasteiger partial charge in [0, 0.05) is 25.1 Å². The maximum absolute atomic E-state index is 13.5. The number of nitrogens with zero attached hydrogens (tertiary/aromatic N) is 1. The Labute approximate surface area is 246 Å². The second-order valence-electron chi connectivity index (χ2n) is 10.5. The summed E-state index contributed by atoms with van der Waals surface area (Å²) < 4.78 is 34.7. The molecule has 42 heavy (non-hydrogen) atoms. The fraction of sp³-hybridized carbons (Fsp3) is 0.448. The smallest absolute Gasteiger partial charge is 0.305 e. The van der Waals surface area contributed by atoms with Crippen LogP contribution in [-0.2, 0) is 30.8 Å². The van der Waals surface area contributed by atoms with E-state index in [1.54, 1.807) is 56.0 Å². The Bertz CT molecular complexity index is 1450. The number of likely N-dealkylation sites (tertiary alicyclic amines) is 1. The van der Waals surface area contributed by atoms with E-state index in [0.29, 0.717) is 46.7 Å². The molecule has 0 radical (unpaired) electrons. The molecule has 0 spiro atoms. The predicted octanol–water partition coefficient (Wildman–Crippen LogP) is 1.77. The maximum atomic E-state index is 13.5. The van der Waals surface area contributed by atoms with Gasteiger partial charge in [-0.15, -0.1) is 0 Å². The molecule has 3 rings (SSSR count). The van der Waals surface area contributed by atoms with Gasteiger partial charge in [0.2, 0.25) is 21.8 Å². The van der Waals surface area contributed by atoms with Gasteiger partial charge in [0.05, 0.1) is 18.4 Å². The lowest BCUT2D eigenvalue weighted by molar-refractivity contribution is -0.140. The van der Waals surface area contributed by atoms with Crippen LogP contribution in [0.15, 0.2) is 35.2 Å². The molecule has 13 heteroatoms. The number of hydrogen-bond acceptors (Lipinski definition) is 7. The quantitative estimate of drug-likeness (QED) is 0.179. The first-order valence-corrected chi connectivity index (χ1v) is 15.1. The van der Waals surface area contributed by atoms with E-state index in [0.717, 1.165) is 19.3 Å². The normalized spacial score (nSPS) is 15.0. The number of carboxylic acid groups (broad SMARTS) is 1. The zero-order chi connectivity index (χ0) is 31.2. The summed E-state index contributed by atoms with van der Waals surface area (Å²) in [5.41, 5.74) is 8.07. The third-order valence-corrected chi connectivity index (χ3v) is 9.21. The van der Waals surface area contributed by atoms with Crippen LogP contribution in [0, 0.1) is 26.2 Å². The number of aryl methyl sites for hydroxylation is 1. The Balaban J connectivity index is 1.92. The van der Waals surface area contributed by atoms with Gasteiger partial charge in [0.15, 0.2) is 0 Å². The first kappa shape index (κ1) is 32.5. The van der Waals surface area contributed by atoms with Crippen molar-refractivity contribution in [2.45, 2.75) is 69.9 Å². The van der Waals surface area contributed by atoms with E-state index in [4.69, 9.17) is 15.9 Å². The predicted molar refractivity (Wildman–Crippen MR) is 157 cm³/mol. The van der Waals surface area contributed by atoms with Crippen LogP contribution in [0.3, 0.4) is 0 Å². The van der Waals surface area contributed by atoms with Crippen LogP contribution in [0.1, 0.15) is 53.5 Å². The largest absolute Gasteiger partial charge is 0.496 e. The van der Waals surface area contributed by atoms with Crippen molar-refractivity contribution in [3.05, 3.63) is 58.1 Å². The van der Waals surface area contributed by atoms with Crippen molar-refractivity contribution < 1.29 is 32.6 Å². The number of nitrogen functional groups attached to an aromatic ring is 1. The summed E-state index contributed by atoms with van der Waals surface area (Å²) in [6.07, 6.45) is 1.86. The number of amidine groups is 1. The molecule has 2 aromatic carbocycles. The van der Waals surface area contributed by atoms with Crippen molar-refractivity contribution in [3.63, 3.8) is 0 Å². The fourth-order valence-corrected chi connectivity index (χ4v) is 6.84. The SMILES string of the molecule is COc1cc(C)c(S(=O)(=O)N[C@@H](CC(=O)O)C(=O)N[C@@H](Cc2ccc(C(=N)N)cc2)C(=O)N2CCCCC2)c(C)c1C. The van der Waals surface area contributed by atoms with Gasteiger partial charge >= 0.3 is 5.97 Å². The van der Waals surface area contributed by atoms with Gasteiger partial charge in [-0.1, -0.05) is 24.3 Å². The summed E-state index contributed by atoms with van der Waals surface area (Å²) in [6, 6.07) is 5.43. The Morgan fingerprint density at radius 2 is 1.67 bits per heavy atom. The Kier molecular flexibility index (Phi) is 10.7. The van der Waals surface area contributed by atoms with Crippen molar-refractivity contribution in [3.8, 4) is 5.75 Å². The molecule has 2 aromatic rings. The number of nitrogens with one attached hydrogen (secondary N) is 3. The zero-order valence-electron chi connectivity index (χ0n) is 24.3. The molecule has 1 saturated heterocycles. The number of carboxylic acids is 1. The molecular weight excluding hydrogens is 562 g/mol. The standard InChI is InChI=1S/C29H39N5O7S/c1-17-14-24(41-4)18(2)19(3)26(17)42(39,40)33-22(16-25(35)36)28(37)32-23(29(38)34-12-6-5-7-13-34)15-20-8-10-21(11-9-20)27(30)31/h8-11,14,22-23,33H,5-7,12-13,15-16H2,1-4H3,(H3,30,31)(H,32,37)(H,35,36)/t22-,23-/m0/s1. The number of nitrogens with two attached hydrogens (primary N) is 1. The monoisotopic (exact) mass is 601 g/mol. The maximum Gasteiger partial charge on any atom is 0.305 e. The number of rotatable bonds is 12. The summed E-state index contributed by atoms with van der Waals surface area (Å²) in [4.78, 5) is 40.4. The number of hydrogen-bond donors (Lipinski definition) is 5. The lowest BCUT2D eigenvalue weighted by Gasteiger charge is -2.31.